The summed E-state index contributed by atoms with van der Waals surface area (Å²) in [6.45, 7) is 10.1. The van der Waals surface area contributed by atoms with Crippen LogP contribution in [-0.4, -0.2) is 84.2 Å². The number of aryl methyl sites for hydroxylation is 1. The second-order valence-corrected chi connectivity index (χ2v) is 7.41. The van der Waals surface area contributed by atoms with Crippen LogP contribution in [0.5, 0.6) is 0 Å². The lowest BCUT2D eigenvalue weighted by atomic mass is 9.98. The Morgan fingerprint density at radius 2 is 1.96 bits per heavy atom. The molecule has 1 aromatic heterocycles. The van der Waals surface area contributed by atoms with Crippen molar-refractivity contribution in [3.8, 4) is 0 Å². The fourth-order valence-corrected chi connectivity index (χ4v) is 3.77. The molecule has 2 aliphatic heterocycles. The predicted molar refractivity (Wildman–Crippen MR) is 98.9 cm³/mol. The largest absolute Gasteiger partial charge is 0.466 e. The SMILES string of the molecule is CCOC(=O)C1CCCN(C(=O)CN2CCN(Cc3cc(C)on3)CC2)C1. The highest BCUT2D eigenvalue weighted by atomic mass is 16.5. The van der Waals surface area contributed by atoms with Gasteiger partial charge in [0.1, 0.15) is 5.76 Å². The van der Waals surface area contributed by atoms with E-state index in [0.29, 0.717) is 19.7 Å². The molecule has 1 amide bonds. The van der Waals surface area contributed by atoms with Gasteiger partial charge in [0.15, 0.2) is 0 Å². The van der Waals surface area contributed by atoms with E-state index in [1.165, 1.54) is 0 Å². The van der Waals surface area contributed by atoms with Crippen LogP contribution in [0.2, 0.25) is 0 Å². The number of amides is 1. The van der Waals surface area contributed by atoms with Gasteiger partial charge in [-0.2, -0.15) is 0 Å². The zero-order valence-corrected chi connectivity index (χ0v) is 16.4. The summed E-state index contributed by atoms with van der Waals surface area (Å²) in [6.07, 6.45) is 1.67. The van der Waals surface area contributed by atoms with E-state index >= 15 is 0 Å². The van der Waals surface area contributed by atoms with Gasteiger partial charge in [-0.05, 0) is 26.7 Å². The molecule has 1 atom stereocenters. The van der Waals surface area contributed by atoms with E-state index in [1.54, 1.807) is 0 Å². The standard InChI is InChI=1S/C19H30N4O4/c1-3-26-19(25)16-5-4-6-23(12-16)18(24)14-22-9-7-21(8-10-22)13-17-11-15(2)27-20-17/h11,16H,3-10,12-14H2,1-2H3. The maximum atomic E-state index is 12.7. The molecule has 0 spiro atoms. The molecule has 0 aromatic carbocycles. The number of nitrogens with zero attached hydrogens (tertiary/aromatic N) is 4. The lowest BCUT2D eigenvalue weighted by Gasteiger charge is -2.36. The van der Waals surface area contributed by atoms with Crippen LogP contribution in [0.4, 0.5) is 0 Å². The van der Waals surface area contributed by atoms with Crippen molar-refractivity contribution in [3.05, 3.63) is 17.5 Å². The molecule has 0 N–H and O–H groups in total. The van der Waals surface area contributed by atoms with Crippen molar-refractivity contribution >= 4 is 11.9 Å². The number of aromatic nitrogens is 1. The van der Waals surface area contributed by atoms with Gasteiger partial charge in [-0.1, -0.05) is 5.16 Å². The summed E-state index contributed by atoms with van der Waals surface area (Å²) in [4.78, 5) is 31.0. The second-order valence-electron chi connectivity index (χ2n) is 7.41. The highest BCUT2D eigenvalue weighted by Gasteiger charge is 2.30. The number of carbonyl (C=O) groups is 2. The van der Waals surface area contributed by atoms with Crippen LogP contribution in [-0.2, 0) is 20.9 Å². The normalized spacial score (nSPS) is 22.0. The first-order chi connectivity index (χ1) is 13.0. The van der Waals surface area contributed by atoms with Crippen molar-refractivity contribution in [2.75, 3.05) is 52.4 Å². The summed E-state index contributed by atoms with van der Waals surface area (Å²) < 4.78 is 10.2. The van der Waals surface area contributed by atoms with Gasteiger partial charge >= 0.3 is 5.97 Å². The van der Waals surface area contributed by atoms with Crippen molar-refractivity contribution < 1.29 is 18.8 Å². The fourth-order valence-electron chi connectivity index (χ4n) is 3.77. The van der Waals surface area contributed by atoms with Crippen molar-refractivity contribution in [1.29, 1.82) is 0 Å². The summed E-state index contributed by atoms with van der Waals surface area (Å²) in [5.41, 5.74) is 0.954. The average molecular weight is 378 g/mol. The van der Waals surface area contributed by atoms with E-state index in [2.05, 4.69) is 15.0 Å². The third-order valence-corrected chi connectivity index (χ3v) is 5.28. The molecular formula is C19H30N4O4. The van der Waals surface area contributed by atoms with Crippen molar-refractivity contribution in [2.24, 2.45) is 5.92 Å². The first-order valence-corrected chi connectivity index (χ1v) is 9.86. The maximum Gasteiger partial charge on any atom is 0.310 e. The Morgan fingerprint density at radius 1 is 1.22 bits per heavy atom. The van der Waals surface area contributed by atoms with E-state index < -0.39 is 0 Å². The van der Waals surface area contributed by atoms with Crippen LogP contribution in [0.15, 0.2) is 10.6 Å². The minimum Gasteiger partial charge on any atom is -0.466 e. The molecule has 27 heavy (non-hydrogen) atoms. The minimum atomic E-state index is -0.176. The van der Waals surface area contributed by atoms with E-state index in [0.717, 1.165) is 63.6 Å². The quantitative estimate of drug-likeness (QED) is 0.681. The zero-order valence-electron chi connectivity index (χ0n) is 16.4. The average Bonchev–Trinajstić information content (AvgIpc) is 3.08. The molecule has 0 bridgehead atoms. The molecule has 1 unspecified atom stereocenters. The summed E-state index contributed by atoms with van der Waals surface area (Å²) in [5.74, 6) is 0.596. The molecule has 3 heterocycles. The molecule has 2 saturated heterocycles. The molecule has 0 radical (unpaired) electrons. The smallest absolute Gasteiger partial charge is 0.310 e. The third-order valence-electron chi connectivity index (χ3n) is 5.28. The monoisotopic (exact) mass is 378 g/mol. The number of rotatable bonds is 6. The van der Waals surface area contributed by atoms with Gasteiger partial charge in [-0.25, -0.2) is 0 Å². The number of hydrogen-bond donors (Lipinski definition) is 0. The van der Waals surface area contributed by atoms with Gasteiger partial charge in [0, 0.05) is 51.9 Å². The number of likely N-dealkylation sites (tertiary alicyclic amines) is 1. The number of carbonyl (C=O) groups excluding carboxylic acids is 2. The van der Waals surface area contributed by atoms with Crippen LogP contribution < -0.4 is 0 Å². The summed E-state index contributed by atoms with van der Waals surface area (Å²) >= 11 is 0. The number of piperazine rings is 1. The molecule has 0 aliphatic carbocycles. The Bertz CT molecular complexity index is 639. The molecule has 2 aliphatic rings. The third kappa shape index (κ3) is 5.52. The Kier molecular flexibility index (Phi) is 6.84. The van der Waals surface area contributed by atoms with E-state index in [9.17, 15) is 9.59 Å². The van der Waals surface area contributed by atoms with Crippen LogP contribution in [0, 0.1) is 12.8 Å². The fraction of sp³-hybridized carbons (Fsp3) is 0.737. The number of piperidine rings is 1. The lowest BCUT2D eigenvalue weighted by molar-refractivity contribution is -0.151. The van der Waals surface area contributed by atoms with Gasteiger partial charge in [0.2, 0.25) is 5.91 Å². The van der Waals surface area contributed by atoms with E-state index in [4.69, 9.17) is 9.26 Å². The Hall–Kier alpha value is -1.93. The van der Waals surface area contributed by atoms with Crippen LogP contribution in [0.3, 0.4) is 0 Å². The van der Waals surface area contributed by atoms with Crippen molar-refractivity contribution in [1.82, 2.24) is 19.9 Å². The molecular weight excluding hydrogens is 348 g/mol. The van der Waals surface area contributed by atoms with Gasteiger partial charge in [-0.3, -0.25) is 19.4 Å². The first kappa shape index (κ1) is 19.8. The number of esters is 1. The van der Waals surface area contributed by atoms with Crippen molar-refractivity contribution in [3.63, 3.8) is 0 Å². The minimum absolute atomic E-state index is 0.115. The Morgan fingerprint density at radius 3 is 2.63 bits per heavy atom. The molecule has 150 valence electrons. The molecule has 1 aromatic rings. The summed E-state index contributed by atoms with van der Waals surface area (Å²) in [6, 6.07) is 1.96. The molecule has 2 fully saturated rings. The van der Waals surface area contributed by atoms with Gasteiger partial charge < -0.3 is 14.2 Å². The van der Waals surface area contributed by atoms with E-state index in [-0.39, 0.29) is 17.8 Å². The summed E-state index contributed by atoms with van der Waals surface area (Å²) in [5, 5.41) is 4.04. The van der Waals surface area contributed by atoms with Crippen LogP contribution in [0.1, 0.15) is 31.2 Å². The van der Waals surface area contributed by atoms with Gasteiger partial charge in [0.05, 0.1) is 24.8 Å². The number of ether oxygens (including phenoxy) is 1. The highest BCUT2D eigenvalue weighted by molar-refractivity contribution is 5.80. The van der Waals surface area contributed by atoms with Gasteiger partial charge in [-0.15, -0.1) is 0 Å². The van der Waals surface area contributed by atoms with Crippen molar-refractivity contribution in [2.45, 2.75) is 33.2 Å². The van der Waals surface area contributed by atoms with Crippen LogP contribution in [0.25, 0.3) is 0 Å². The molecule has 3 rings (SSSR count). The summed E-state index contributed by atoms with van der Waals surface area (Å²) in [7, 11) is 0. The molecule has 8 heteroatoms. The number of hydrogen-bond acceptors (Lipinski definition) is 7. The highest BCUT2D eigenvalue weighted by Crippen LogP contribution is 2.18. The second kappa shape index (κ2) is 9.32. The molecule has 8 nitrogen and oxygen atoms in total. The maximum absolute atomic E-state index is 12.7. The van der Waals surface area contributed by atoms with Gasteiger partial charge in [0.25, 0.3) is 0 Å². The first-order valence-electron chi connectivity index (χ1n) is 9.86. The van der Waals surface area contributed by atoms with E-state index in [1.807, 2.05) is 24.8 Å². The lowest BCUT2D eigenvalue weighted by Crippen LogP contribution is -2.51. The Balaban J connectivity index is 1.41. The predicted octanol–water partition coefficient (Wildman–Crippen LogP) is 0.902. The zero-order chi connectivity index (χ0) is 19.2. The topological polar surface area (TPSA) is 79.1 Å². The Labute approximate surface area is 160 Å². The molecule has 0 saturated carbocycles. The van der Waals surface area contributed by atoms with Crippen LogP contribution >= 0.6 is 0 Å².